The molecular formula is C12H21N3O3. The van der Waals surface area contributed by atoms with Crippen molar-refractivity contribution in [3.63, 3.8) is 0 Å². The van der Waals surface area contributed by atoms with Crippen LogP contribution in [0.4, 0.5) is 0 Å². The topological polar surface area (TPSA) is 90.4 Å². The first kappa shape index (κ1) is 14.7. The van der Waals surface area contributed by atoms with Gasteiger partial charge in [-0.25, -0.2) is 4.98 Å². The maximum atomic E-state index is 11.6. The lowest BCUT2D eigenvalue weighted by atomic mass is 10.1. The number of amides is 1. The molecule has 102 valence electrons. The summed E-state index contributed by atoms with van der Waals surface area (Å²) in [4.78, 5) is 15.7. The highest BCUT2D eigenvalue weighted by molar-refractivity contribution is 5.81. The molecule has 1 unspecified atom stereocenters. The van der Waals surface area contributed by atoms with Gasteiger partial charge in [0.05, 0.1) is 18.8 Å². The van der Waals surface area contributed by atoms with Crippen LogP contribution < -0.4 is 11.1 Å². The van der Waals surface area contributed by atoms with Gasteiger partial charge in [0.25, 0.3) is 0 Å². The predicted octanol–water partition coefficient (Wildman–Crippen LogP) is 0.607. The average molecular weight is 255 g/mol. The maximum Gasteiger partial charge on any atom is 0.237 e. The highest BCUT2D eigenvalue weighted by Gasteiger charge is 2.13. The van der Waals surface area contributed by atoms with E-state index in [1.54, 1.807) is 13.3 Å². The van der Waals surface area contributed by atoms with Gasteiger partial charge >= 0.3 is 0 Å². The van der Waals surface area contributed by atoms with Crippen molar-refractivity contribution >= 4 is 5.91 Å². The lowest BCUT2D eigenvalue weighted by Crippen LogP contribution is -2.40. The van der Waals surface area contributed by atoms with Crippen molar-refractivity contribution in [1.29, 1.82) is 0 Å². The quantitative estimate of drug-likeness (QED) is 0.664. The Kier molecular flexibility index (Phi) is 6.38. The van der Waals surface area contributed by atoms with Crippen molar-refractivity contribution in [3.8, 4) is 0 Å². The summed E-state index contributed by atoms with van der Waals surface area (Å²) in [6, 6.07) is -0.513. The van der Waals surface area contributed by atoms with Gasteiger partial charge < -0.3 is 20.2 Å². The summed E-state index contributed by atoms with van der Waals surface area (Å²) in [5.41, 5.74) is 5.73. The third-order valence-electron chi connectivity index (χ3n) is 2.56. The number of oxazole rings is 1. The summed E-state index contributed by atoms with van der Waals surface area (Å²) in [7, 11) is 1.62. The molecule has 0 aromatic carbocycles. The minimum atomic E-state index is -0.513. The predicted molar refractivity (Wildman–Crippen MR) is 66.8 cm³/mol. The van der Waals surface area contributed by atoms with Crippen molar-refractivity contribution in [2.24, 2.45) is 5.73 Å². The molecule has 1 aromatic rings. The standard InChI is InChI=1S/C12H21N3O3/c1-3-9-7-14-11(18-9)8-15-12(16)10(13)5-4-6-17-2/h7,10H,3-6,8,13H2,1-2H3,(H,15,16). The number of nitrogens with one attached hydrogen (secondary N) is 1. The average Bonchev–Trinajstić information content (AvgIpc) is 2.84. The summed E-state index contributed by atoms with van der Waals surface area (Å²) in [6.45, 7) is 2.87. The minimum absolute atomic E-state index is 0.192. The van der Waals surface area contributed by atoms with Crippen LogP contribution in [0.5, 0.6) is 0 Å². The smallest absolute Gasteiger partial charge is 0.237 e. The Bertz CT molecular complexity index is 365. The second-order valence-corrected chi connectivity index (χ2v) is 4.03. The number of ether oxygens (including phenoxy) is 1. The molecule has 6 heteroatoms. The summed E-state index contributed by atoms with van der Waals surface area (Å²) in [6.07, 6.45) is 3.83. The molecule has 18 heavy (non-hydrogen) atoms. The number of hydrogen-bond donors (Lipinski definition) is 2. The van der Waals surface area contributed by atoms with Crippen LogP contribution in [0.25, 0.3) is 0 Å². The molecule has 0 saturated heterocycles. The fraction of sp³-hybridized carbons (Fsp3) is 0.667. The Hall–Kier alpha value is -1.40. The van der Waals surface area contributed by atoms with E-state index in [4.69, 9.17) is 14.9 Å². The Balaban J connectivity index is 2.27. The molecule has 1 rings (SSSR count). The second kappa shape index (κ2) is 7.84. The Labute approximate surface area is 107 Å². The SMILES string of the molecule is CCc1cnc(CNC(=O)C(N)CCCOC)o1. The lowest BCUT2D eigenvalue weighted by Gasteiger charge is -2.10. The van der Waals surface area contributed by atoms with Crippen LogP contribution in [0.2, 0.25) is 0 Å². The molecule has 0 radical (unpaired) electrons. The molecule has 0 aliphatic rings. The highest BCUT2D eigenvalue weighted by Crippen LogP contribution is 2.04. The maximum absolute atomic E-state index is 11.6. The number of hydrogen-bond acceptors (Lipinski definition) is 5. The largest absolute Gasteiger partial charge is 0.444 e. The molecular weight excluding hydrogens is 234 g/mol. The Morgan fingerprint density at radius 3 is 3.06 bits per heavy atom. The summed E-state index contributed by atoms with van der Waals surface area (Å²) in [5.74, 6) is 1.12. The minimum Gasteiger partial charge on any atom is -0.444 e. The van der Waals surface area contributed by atoms with E-state index in [-0.39, 0.29) is 12.5 Å². The van der Waals surface area contributed by atoms with E-state index in [1.807, 2.05) is 6.92 Å². The molecule has 6 nitrogen and oxygen atoms in total. The third-order valence-corrected chi connectivity index (χ3v) is 2.56. The van der Waals surface area contributed by atoms with Gasteiger partial charge in [0, 0.05) is 20.1 Å². The van der Waals surface area contributed by atoms with Gasteiger partial charge in [0.2, 0.25) is 11.8 Å². The number of aromatic nitrogens is 1. The summed E-state index contributed by atoms with van der Waals surface area (Å²) in [5, 5.41) is 2.70. The Morgan fingerprint density at radius 2 is 2.44 bits per heavy atom. The van der Waals surface area contributed by atoms with Crippen LogP contribution in [0.3, 0.4) is 0 Å². The fourth-order valence-corrected chi connectivity index (χ4v) is 1.47. The van der Waals surface area contributed by atoms with E-state index >= 15 is 0 Å². The molecule has 3 N–H and O–H groups in total. The van der Waals surface area contributed by atoms with Crippen LogP contribution >= 0.6 is 0 Å². The lowest BCUT2D eigenvalue weighted by molar-refractivity contribution is -0.122. The number of carbonyl (C=O) groups excluding carboxylic acids is 1. The molecule has 0 saturated carbocycles. The van der Waals surface area contributed by atoms with Gasteiger partial charge in [-0.2, -0.15) is 0 Å². The molecule has 1 aromatic heterocycles. The second-order valence-electron chi connectivity index (χ2n) is 4.03. The van der Waals surface area contributed by atoms with Gasteiger partial charge in [0.1, 0.15) is 5.76 Å². The van der Waals surface area contributed by atoms with Crippen LogP contribution in [-0.4, -0.2) is 30.6 Å². The van der Waals surface area contributed by atoms with E-state index < -0.39 is 6.04 Å². The van der Waals surface area contributed by atoms with Gasteiger partial charge in [-0.15, -0.1) is 0 Å². The van der Waals surface area contributed by atoms with E-state index in [2.05, 4.69) is 10.3 Å². The van der Waals surface area contributed by atoms with Crippen molar-refractivity contribution in [1.82, 2.24) is 10.3 Å². The Morgan fingerprint density at radius 1 is 1.67 bits per heavy atom. The van der Waals surface area contributed by atoms with Crippen LogP contribution in [0, 0.1) is 0 Å². The van der Waals surface area contributed by atoms with Crippen molar-refractivity contribution in [3.05, 3.63) is 17.8 Å². The first-order valence-electron chi connectivity index (χ1n) is 6.13. The third kappa shape index (κ3) is 4.85. The number of rotatable bonds is 8. The van der Waals surface area contributed by atoms with Crippen molar-refractivity contribution in [2.75, 3.05) is 13.7 Å². The van der Waals surface area contributed by atoms with Crippen molar-refractivity contribution < 1.29 is 13.9 Å². The highest BCUT2D eigenvalue weighted by atomic mass is 16.5. The van der Waals surface area contributed by atoms with Gasteiger partial charge in [0.15, 0.2) is 0 Å². The number of carbonyl (C=O) groups is 1. The van der Waals surface area contributed by atoms with E-state index in [1.165, 1.54) is 0 Å². The zero-order valence-electron chi connectivity index (χ0n) is 10.9. The normalized spacial score (nSPS) is 12.4. The van der Waals surface area contributed by atoms with Gasteiger partial charge in [-0.05, 0) is 12.8 Å². The molecule has 0 fully saturated rings. The molecule has 0 bridgehead atoms. The van der Waals surface area contributed by atoms with Crippen molar-refractivity contribution in [2.45, 2.75) is 38.8 Å². The number of nitrogens with zero attached hydrogens (tertiary/aromatic N) is 1. The fourth-order valence-electron chi connectivity index (χ4n) is 1.47. The van der Waals surface area contributed by atoms with Crippen LogP contribution in [-0.2, 0) is 22.5 Å². The molecule has 0 aliphatic carbocycles. The molecule has 0 spiro atoms. The molecule has 1 atom stereocenters. The monoisotopic (exact) mass is 255 g/mol. The van der Waals surface area contributed by atoms with Gasteiger partial charge in [-0.3, -0.25) is 4.79 Å². The molecule has 1 heterocycles. The van der Waals surface area contributed by atoms with Crippen LogP contribution in [0.1, 0.15) is 31.4 Å². The number of aryl methyl sites for hydroxylation is 1. The summed E-state index contributed by atoms with van der Waals surface area (Å²) >= 11 is 0. The first-order chi connectivity index (χ1) is 8.67. The van der Waals surface area contributed by atoms with E-state index in [9.17, 15) is 4.79 Å². The summed E-state index contributed by atoms with van der Waals surface area (Å²) < 4.78 is 10.3. The first-order valence-corrected chi connectivity index (χ1v) is 6.13. The molecule has 0 aliphatic heterocycles. The zero-order valence-corrected chi connectivity index (χ0v) is 10.9. The van der Waals surface area contributed by atoms with E-state index in [0.717, 1.165) is 18.6 Å². The molecule has 1 amide bonds. The van der Waals surface area contributed by atoms with Crippen LogP contribution in [0.15, 0.2) is 10.6 Å². The zero-order chi connectivity index (χ0) is 13.4. The number of nitrogens with two attached hydrogens (primary N) is 1. The number of methoxy groups -OCH3 is 1. The van der Waals surface area contributed by atoms with E-state index in [0.29, 0.717) is 18.9 Å². The van der Waals surface area contributed by atoms with Gasteiger partial charge in [-0.1, -0.05) is 6.92 Å².